The van der Waals surface area contributed by atoms with Gasteiger partial charge in [0.1, 0.15) is 0 Å². The molecule has 2 aromatic rings. The van der Waals surface area contributed by atoms with Gasteiger partial charge < -0.3 is 10.6 Å². The molecular formula is C16H19ClN2. The van der Waals surface area contributed by atoms with E-state index in [1.165, 1.54) is 5.56 Å². The summed E-state index contributed by atoms with van der Waals surface area (Å²) < 4.78 is 0. The van der Waals surface area contributed by atoms with E-state index in [1.54, 1.807) is 0 Å². The van der Waals surface area contributed by atoms with E-state index in [9.17, 15) is 0 Å². The van der Waals surface area contributed by atoms with Crippen LogP contribution in [0.15, 0.2) is 48.5 Å². The van der Waals surface area contributed by atoms with E-state index >= 15 is 0 Å². The third kappa shape index (κ3) is 3.42. The Balaban J connectivity index is 2.27. The standard InChI is InChI=1S/C16H19ClN2/c1-2-11-19(12-13-7-4-3-5-8-13)15-10-6-9-14(17)16(15)18/h3-10H,2,11-12,18H2,1H3. The number of hydrogen-bond donors (Lipinski definition) is 1. The molecule has 19 heavy (non-hydrogen) atoms. The van der Waals surface area contributed by atoms with Crippen molar-refractivity contribution in [1.82, 2.24) is 0 Å². The summed E-state index contributed by atoms with van der Waals surface area (Å²) >= 11 is 6.11. The normalized spacial score (nSPS) is 10.4. The minimum absolute atomic E-state index is 0.617. The van der Waals surface area contributed by atoms with E-state index in [0.717, 1.165) is 25.2 Å². The molecule has 0 aliphatic carbocycles. The van der Waals surface area contributed by atoms with E-state index in [4.69, 9.17) is 17.3 Å². The van der Waals surface area contributed by atoms with Gasteiger partial charge in [-0.2, -0.15) is 0 Å². The smallest absolute Gasteiger partial charge is 0.0741 e. The highest BCUT2D eigenvalue weighted by atomic mass is 35.5. The van der Waals surface area contributed by atoms with Gasteiger partial charge in [0.05, 0.1) is 16.4 Å². The highest BCUT2D eigenvalue weighted by Gasteiger charge is 2.11. The van der Waals surface area contributed by atoms with Crippen molar-refractivity contribution in [2.24, 2.45) is 0 Å². The number of benzene rings is 2. The van der Waals surface area contributed by atoms with Crippen LogP contribution < -0.4 is 10.6 Å². The minimum atomic E-state index is 0.617. The number of nitrogens with two attached hydrogens (primary N) is 1. The molecule has 0 spiro atoms. The Morgan fingerprint density at radius 3 is 2.47 bits per heavy atom. The molecule has 0 radical (unpaired) electrons. The SMILES string of the molecule is CCCN(Cc1ccccc1)c1cccc(Cl)c1N. The number of nitrogens with zero attached hydrogens (tertiary/aromatic N) is 1. The maximum atomic E-state index is 6.11. The summed E-state index contributed by atoms with van der Waals surface area (Å²) in [6.45, 7) is 3.97. The molecule has 2 N–H and O–H groups in total. The van der Waals surface area contributed by atoms with Crippen LogP contribution in [0, 0.1) is 0 Å². The van der Waals surface area contributed by atoms with Crippen LogP contribution in [0.3, 0.4) is 0 Å². The number of hydrogen-bond acceptors (Lipinski definition) is 2. The van der Waals surface area contributed by atoms with Crippen LogP contribution in [0.5, 0.6) is 0 Å². The first kappa shape index (κ1) is 13.8. The quantitative estimate of drug-likeness (QED) is 0.822. The molecule has 0 aliphatic rings. The minimum Gasteiger partial charge on any atom is -0.396 e. The second kappa shape index (κ2) is 6.48. The van der Waals surface area contributed by atoms with Gasteiger partial charge in [-0.1, -0.05) is 54.9 Å². The summed E-state index contributed by atoms with van der Waals surface area (Å²) in [5.41, 5.74) is 9.04. The van der Waals surface area contributed by atoms with Crippen molar-refractivity contribution >= 4 is 23.0 Å². The average molecular weight is 275 g/mol. The molecule has 0 bridgehead atoms. The van der Waals surface area contributed by atoms with E-state index in [1.807, 2.05) is 24.3 Å². The molecule has 100 valence electrons. The molecule has 2 rings (SSSR count). The molecule has 2 nitrogen and oxygen atoms in total. The molecule has 0 unspecified atom stereocenters. The van der Waals surface area contributed by atoms with Crippen LogP contribution in [0.2, 0.25) is 5.02 Å². The molecule has 0 atom stereocenters. The Morgan fingerprint density at radius 2 is 1.79 bits per heavy atom. The monoisotopic (exact) mass is 274 g/mol. The largest absolute Gasteiger partial charge is 0.396 e. The van der Waals surface area contributed by atoms with Gasteiger partial charge in [-0.25, -0.2) is 0 Å². The zero-order chi connectivity index (χ0) is 13.7. The Labute approximate surface area is 119 Å². The number of nitrogen functional groups attached to an aromatic ring is 1. The summed E-state index contributed by atoms with van der Waals surface area (Å²) in [6.07, 6.45) is 1.07. The number of anilines is 2. The zero-order valence-corrected chi connectivity index (χ0v) is 11.9. The van der Waals surface area contributed by atoms with E-state index in [-0.39, 0.29) is 0 Å². The lowest BCUT2D eigenvalue weighted by Crippen LogP contribution is -2.24. The maximum Gasteiger partial charge on any atom is 0.0741 e. The van der Waals surface area contributed by atoms with E-state index in [2.05, 4.69) is 36.1 Å². The van der Waals surface area contributed by atoms with Crippen LogP contribution >= 0.6 is 11.6 Å². The van der Waals surface area contributed by atoms with Crippen LogP contribution in [-0.4, -0.2) is 6.54 Å². The summed E-state index contributed by atoms with van der Waals surface area (Å²) in [4.78, 5) is 2.27. The molecule has 0 saturated heterocycles. The predicted molar refractivity (Wildman–Crippen MR) is 83.6 cm³/mol. The van der Waals surface area contributed by atoms with Gasteiger partial charge in [-0.15, -0.1) is 0 Å². The number of halogens is 1. The molecule has 0 fully saturated rings. The maximum absolute atomic E-state index is 6.11. The van der Waals surface area contributed by atoms with Gasteiger partial charge in [0.15, 0.2) is 0 Å². The lowest BCUT2D eigenvalue weighted by atomic mass is 10.1. The van der Waals surface area contributed by atoms with E-state index < -0.39 is 0 Å². The molecule has 2 aromatic carbocycles. The molecule has 0 aliphatic heterocycles. The number of para-hydroxylation sites is 1. The highest BCUT2D eigenvalue weighted by molar-refractivity contribution is 6.33. The second-order valence-corrected chi connectivity index (χ2v) is 4.99. The first-order valence-electron chi connectivity index (χ1n) is 6.55. The summed E-state index contributed by atoms with van der Waals surface area (Å²) in [5.74, 6) is 0. The van der Waals surface area contributed by atoms with Crippen molar-refractivity contribution in [2.45, 2.75) is 19.9 Å². The van der Waals surface area contributed by atoms with Gasteiger partial charge >= 0.3 is 0 Å². The third-order valence-electron chi connectivity index (χ3n) is 3.08. The summed E-state index contributed by atoms with van der Waals surface area (Å²) in [6, 6.07) is 16.2. The fourth-order valence-electron chi connectivity index (χ4n) is 2.16. The Morgan fingerprint density at radius 1 is 1.05 bits per heavy atom. The zero-order valence-electron chi connectivity index (χ0n) is 11.1. The molecule has 0 amide bonds. The van der Waals surface area contributed by atoms with Gasteiger partial charge in [0.25, 0.3) is 0 Å². The van der Waals surface area contributed by atoms with Crippen LogP contribution in [0.25, 0.3) is 0 Å². The lowest BCUT2D eigenvalue weighted by Gasteiger charge is -2.26. The van der Waals surface area contributed by atoms with E-state index in [0.29, 0.717) is 10.7 Å². The van der Waals surface area contributed by atoms with Crippen molar-refractivity contribution in [3.05, 3.63) is 59.1 Å². The molecular weight excluding hydrogens is 256 g/mol. The Kier molecular flexibility index (Phi) is 4.69. The fraction of sp³-hybridized carbons (Fsp3) is 0.250. The van der Waals surface area contributed by atoms with Crippen LogP contribution in [0.4, 0.5) is 11.4 Å². The second-order valence-electron chi connectivity index (χ2n) is 4.58. The van der Waals surface area contributed by atoms with Crippen molar-refractivity contribution in [1.29, 1.82) is 0 Å². The van der Waals surface area contributed by atoms with Gasteiger partial charge in [0, 0.05) is 13.1 Å². The van der Waals surface area contributed by atoms with Crippen molar-refractivity contribution < 1.29 is 0 Å². The fourth-order valence-corrected chi connectivity index (χ4v) is 2.33. The van der Waals surface area contributed by atoms with Gasteiger partial charge in [-0.3, -0.25) is 0 Å². The number of rotatable bonds is 5. The topological polar surface area (TPSA) is 29.3 Å². The van der Waals surface area contributed by atoms with Crippen molar-refractivity contribution in [3.63, 3.8) is 0 Å². The molecule has 0 aromatic heterocycles. The first-order chi connectivity index (χ1) is 9.22. The van der Waals surface area contributed by atoms with Gasteiger partial charge in [0.2, 0.25) is 0 Å². The van der Waals surface area contributed by atoms with Crippen molar-refractivity contribution in [3.8, 4) is 0 Å². The molecule has 3 heteroatoms. The molecule has 0 heterocycles. The van der Waals surface area contributed by atoms with Crippen LogP contribution in [0.1, 0.15) is 18.9 Å². The van der Waals surface area contributed by atoms with Crippen molar-refractivity contribution in [2.75, 3.05) is 17.2 Å². The molecule has 0 saturated carbocycles. The Bertz CT molecular complexity index is 526. The van der Waals surface area contributed by atoms with Crippen LogP contribution in [-0.2, 0) is 6.54 Å². The third-order valence-corrected chi connectivity index (χ3v) is 3.41. The average Bonchev–Trinajstić information content (AvgIpc) is 2.43. The first-order valence-corrected chi connectivity index (χ1v) is 6.93. The Hall–Kier alpha value is -1.67. The summed E-state index contributed by atoms with van der Waals surface area (Å²) in [5, 5.41) is 0.617. The lowest BCUT2D eigenvalue weighted by molar-refractivity contribution is 0.768. The predicted octanol–water partition coefficient (Wildman–Crippen LogP) is 4.34. The highest BCUT2D eigenvalue weighted by Crippen LogP contribution is 2.31. The summed E-state index contributed by atoms with van der Waals surface area (Å²) in [7, 11) is 0. The van der Waals surface area contributed by atoms with Gasteiger partial charge in [-0.05, 0) is 24.1 Å².